The number of hydrogen-bond acceptors (Lipinski definition) is 7. The van der Waals surface area contributed by atoms with Crippen LogP contribution in [0.3, 0.4) is 0 Å². The number of pyridine rings is 1. The normalized spacial score (nSPS) is 16.7. The third-order valence-electron chi connectivity index (χ3n) is 4.94. The third-order valence-corrected chi connectivity index (χ3v) is 6.15. The molecule has 1 aliphatic heterocycles. The van der Waals surface area contributed by atoms with Crippen LogP contribution >= 0.6 is 15.9 Å². The summed E-state index contributed by atoms with van der Waals surface area (Å²) in [6.07, 6.45) is 4.93. The van der Waals surface area contributed by atoms with E-state index in [4.69, 9.17) is 9.72 Å². The van der Waals surface area contributed by atoms with Crippen molar-refractivity contribution in [3.05, 3.63) is 59.2 Å². The Hall–Kier alpha value is -2.25. The van der Waals surface area contributed by atoms with Gasteiger partial charge in [0.25, 0.3) is 0 Å². The molecule has 1 saturated heterocycles. The molecule has 9 heteroatoms. The quantitative estimate of drug-likeness (QED) is 0.413. The van der Waals surface area contributed by atoms with Gasteiger partial charge in [0.15, 0.2) is 0 Å². The molecule has 7 nitrogen and oxygen atoms in total. The summed E-state index contributed by atoms with van der Waals surface area (Å²) in [7, 11) is 0. The van der Waals surface area contributed by atoms with Crippen LogP contribution in [0.2, 0.25) is 0 Å². The molecule has 1 fully saturated rings. The predicted molar refractivity (Wildman–Crippen MR) is 118 cm³/mol. The molecule has 4 heterocycles. The number of nitrogens with one attached hydrogen (secondary N) is 1. The maximum absolute atomic E-state index is 5.64. The van der Waals surface area contributed by atoms with Crippen LogP contribution in [0, 0.1) is 0 Å². The van der Waals surface area contributed by atoms with E-state index in [-0.39, 0.29) is 6.04 Å². The Morgan fingerprint density at radius 1 is 1.10 bits per heavy atom. The molecule has 1 aromatic carbocycles. The second kappa shape index (κ2) is 8.47. The first-order valence-corrected chi connectivity index (χ1v) is 11.2. The molecular weight excluding hydrogens is 507 g/mol. The summed E-state index contributed by atoms with van der Waals surface area (Å²) in [6.45, 7) is 2.03. The molecule has 148 valence electrons. The van der Waals surface area contributed by atoms with Crippen molar-refractivity contribution in [1.82, 2.24) is 30.2 Å². The van der Waals surface area contributed by atoms with Crippen LogP contribution in [0.5, 0.6) is 0 Å². The van der Waals surface area contributed by atoms with E-state index in [0.29, 0.717) is 18.9 Å². The van der Waals surface area contributed by atoms with Crippen molar-refractivity contribution in [3.63, 3.8) is 0 Å². The number of fused-ring (bicyclic) bond motifs is 1. The molecule has 1 atom stereocenters. The van der Waals surface area contributed by atoms with Crippen molar-refractivity contribution < 1.29 is 4.74 Å². The number of nitrogens with zero attached hydrogens (tertiary/aromatic N) is 5. The van der Waals surface area contributed by atoms with Gasteiger partial charge < -0.3 is 0 Å². The Bertz CT molecular complexity index is 1230. The average Bonchev–Trinajstić information content (AvgIpc) is 2.79. The van der Waals surface area contributed by atoms with Crippen LogP contribution in [0.4, 0.5) is 0 Å². The van der Waals surface area contributed by atoms with E-state index in [1.54, 1.807) is 12.4 Å². The van der Waals surface area contributed by atoms with E-state index in [9.17, 15) is 0 Å². The van der Waals surface area contributed by atoms with Crippen molar-refractivity contribution in [1.29, 1.82) is 0 Å². The van der Waals surface area contributed by atoms with Crippen molar-refractivity contribution in [2.75, 3.05) is 19.8 Å². The van der Waals surface area contributed by atoms with E-state index in [2.05, 4.69) is 70.2 Å². The van der Waals surface area contributed by atoms with Crippen molar-refractivity contribution in [2.45, 2.75) is 6.04 Å². The number of aromatic nitrogens is 5. The van der Waals surface area contributed by atoms with E-state index >= 15 is 0 Å². The van der Waals surface area contributed by atoms with Gasteiger partial charge in [-0.3, -0.25) is 0 Å². The zero-order valence-corrected chi connectivity index (χ0v) is 19.2. The van der Waals surface area contributed by atoms with E-state index in [1.807, 2.05) is 18.2 Å². The van der Waals surface area contributed by atoms with E-state index in [0.717, 1.165) is 49.1 Å². The van der Waals surface area contributed by atoms with Crippen molar-refractivity contribution >= 4 is 48.3 Å². The van der Waals surface area contributed by atoms with Crippen LogP contribution in [0.1, 0.15) is 11.7 Å². The summed E-state index contributed by atoms with van der Waals surface area (Å²) < 4.78 is 7.46. The predicted octanol–water partition coefficient (Wildman–Crippen LogP) is 2.37. The molecule has 0 aliphatic carbocycles. The first-order valence-electron chi connectivity index (χ1n) is 9.44. The van der Waals surface area contributed by atoms with Crippen LogP contribution in [-0.4, -0.2) is 61.5 Å². The monoisotopic (exact) mass is 522 g/mol. The van der Waals surface area contributed by atoms with Gasteiger partial charge in [-0.25, -0.2) is 0 Å². The van der Waals surface area contributed by atoms with Crippen LogP contribution in [0.25, 0.3) is 33.5 Å². The van der Waals surface area contributed by atoms with Crippen LogP contribution < -0.4 is 9.80 Å². The maximum atomic E-state index is 5.64. The Balaban J connectivity index is 1.74. The summed E-state index contributed by atoms with van der Waals surface area (Å²) in [4.78, 5) is 22.9. The van der Waals surface area contributed by atoms with Gasteiger partial charge in [0.1, 0.15) is 0 Å². The summed E-state index contributed by atoms with van der Waals surface area (Å²) >= 11 is 6.08. The Morgan fingerprint density at radius 2 is 2.00 bits per heavy atom. The van der Waals surface area contributed by atoms with Gasteiger partial charge in [-0.15, -0.1) is 0 Å². The van der Waals surface area contributed by atoms with Gasteiger partial charge >= 0.3 is 191 Å². The Morgan fingerprint density at radius 3 is 2.83 bits per heavy atom. The third kappa shape index (κ3) is 3.76. The molecular formula is C21H16AsBrN6O. The van der Waals surface area contributed by atoms with Crippen LogP contribution in [0.15, 0.2) is 53.5 Å². The zero-order valence-electron chi connectivity index (χ0n) is 15.8. The standard InChI is InChI=1S/C21H16AsBrN6O/c22-20-17-14(12-2-1-3-13(23)8-12)9-15(29-21(17)28-11-27-20)18-19(26-5-4-25-18)16-10-30-7-6-24-16/h1-5,8-9,11,16,24H,6-7,10H2. The molecule has 30 heavy (non-hydrogen) atoms. The number of benzene rings is 1. The number of rotatable bonds is 3. The summed E-state index contributed by atoms with van der Waals surface area (Å²) in [5.41, 5.74) is 4.94. The van der Waals surface area contributed by atoms with Gasteiger partial charge in [0.2, 0.25) is 0 Å². The number of hydrogen-bond donors (Lipinski definition) is 1. The van der Waals surface area contributed by atoms with Gasteiger partial charge in [-0.2, -0.15) is 0 Å². The molecule has 1 aliphatic rings. The van der Waals surface area contributed by atoms with Gasteiger partial charge in [-0.05, 0) is 0 Å². The van der Waals surface area contributed by atoms with Crippen molar-refractivity contribution in [3.8, 4) is 22.5 Å². The van der Waals surface area contributed by atoms with Gasteiger partial charge in [0, 0.05) is 0 Å². The molecule has 2 radical (unpaired) electrons. The second-order valence-corrected chi connectivity index (χ2v) is 8.64. The molecule has 0 bridgehead atoms. The summed E-state index contributed by atoms with van der Waals surface area (Å²) in [6, 6.07) is 10.2. The fourth-order valence-electron chi connectivity index (χ4n) is 3.60. The van der Waals surface area contributed by atoms with Gasteiger partial charge in [0.05, 0.1) is 0 Å². The molecule has 1 N–H and O–H groups in total. The number of morpholine rings is 1. The molecule has 3 aromatic heterocycles. The average molecular weight is 523 g/mol. The first kappa shape index (κ1) is 19.7. The molecule has 0 amide bonds. The van der Waals surface area contributed by atoms with Crippen LogP contribution in [-0.2, 0) is 4.74 Å². The van der Waals surface area contributed by atoms with Crippen molar-refractivity contribution in [2.24, 2.45) is 0 Å². The molecule has 0 spiro atoms. The fraction of sp³-hybridized carbons (Fsp3) is 0.190. The Labute approximate surface area is 190 Å². The second-order valence-electron chi connectivity index (χ2n) is 6.83. The van der Waals surface area contributed by atoms with E-state index in [1.165, 1.54) is 6.33 Å². The molecule has 5 rings (SSSR count). The topological polar surface area (TPSA) is 85.7 Å². The SMILES string of the molecule is [As]c1ncnc2nc(-c3nccnc3C3COCCN3)cc(-c3cccc(Br)c3)c12. The van der Waals surface area contributed by atoms with Gasteiger partial charge in [-0.1, -0.05) is 0 Å². The number of halogens is 1. The zero-order chi connectivity index (χ0) is 20.5. The Kier molecular flexibility index (Phi) is 5.56. The molecule has 4 aromatic rings. The number of ether oxygens (including phenoxy) is 1. The minimum atomic E-state index is -0.0296. The summed E-state index contributed by atoms with van der Waals surface area (Å²) in [5.74, 6) is 0. The molecule has 0 saturated carbocycles. The first-order chi connectivity index (χ1) is 14.7. The molecule has 1 unspecified atom stereocenters. The fourth-order valence-corrected chi connectivity index (χ4v) is 4.57. The van der Waals surface area contributed by atoms with E-state index < -0.39 is 0 Å². The minimum absolute atomic E-state index is 0.0296. The summed E-state index contributed by atoms with van der Waals surface area (Å²) in [5, 5.41) is 4.36.